The van der Waals surface area contributed by atoms with Gasteiger partial charge in [-0.3, -0.25) is 14.4 Å². The zero-order valence-corrected chi connectivity index (χ0v) is 12.8. The first-order valence-corrected chi connectivity index (χ1v) is 6.96. The van der Waals surface area contributed by atoms with Crippen LogP contribution < -0.4 is 5.56 Å². The number of nitrogens with one attached hydrogen (secondary N) is 1. The van der Waals surface area contributed by atoms with E-state index >= 15 is 0 Å². The van der Waals surface area contributed by atoms with Crippen molar-refractivity contribution in [2.24, 2.45) is 5.92 Å². The van der Waals surface area contributed by atoms with Crippen LogP contribution in [0.15, 0.2) is 16.9 Å². The molecule has 0 unspecified atom stereocenters. The van der Waals surface area contributed by atoms with Crippen molar-refractivity contribution >= 4 is 11.9 Å². The van der Waals surface area contributed by atoms with Crippen LogP contribution >= 0.6 is 0 Å². The van der Waals surface area contributed by atoms with Crippen molar-refractivity contribution in [3.05, 3.63) is 33.7 Å². The number of carbonyl (C=O) groups excluding carboxylic acids is 1. The van der Waals surface area contributed by atoms with Gasteiger partial charge in [-0.15, -0.1) is 0 Å². The minimum atomic E-state index is -1.08. The summed E-state index contributed by atoms with van der Waals surface area (Å²) in [6.07, 6.45) is 0.650. The third-order valence-electron chi connectivity index (χ3n) is 2.97. The Labute approximate surface area is 123 Å². The lowest BCUT2D eigenvalue weighted by molar-refractivity contribution is -0.138. The number of rotatable bonds is 6. The Morgan fingerprint density at radius 2 is 1.86 bits per heavy atom. The van der Waals surface area contributed by atoms with E-state index in [0.717, 1.165) is 0 Å². The highest BCUT2D eigenvalue weighted by atomic mass is 16.4. The first kappa shape index (κ1) is 16.9. The molecule has 0 spiro atoms. The van der Waals surface area contributed by atoms with Gasteiger partial charge in [0.15, 0.2) is 0 Å². The lowest BCUT2D eigenvalue weighted by Gasteiger charge is -2.25. The monoisotopic (exact) mass is 294 g/mol. The van der Waals surface area contributed by atoms with E-state index in [-0.39, 0.29) is 23.7 Å². The largest absolute Gasteiger partial charge is 0.480 e. The number of amides is 1. The fraction of sp³-hybridized carbons (Fsp3) is 0.533. The van der Waals surface area contributed by atoms with Crippen LogP contribution in [0, 0.1) is 5.92 Å². The molecule has 0 aromatic carbocycles. The highest BCUT2D eigenvalue weighted by molar-refractivity contribution is 5.96. The molecule has 6 heteroatoms. The molecule has 1 aromatic rings. The van der Waals surface area contributed by atoms with Gasteiger partial charge in [-0.05, 0) is 32.3 Å². The van der Waals surface area contributed by atoms with E-state index in [9.17, 15) is 14.4 Å². The summed E-state index contributed by atoms with van der Waals surface area (Å²) in [6, 6.07) is 2.58. The second-order valence-corrected chi connectivity index (χ2v) is 5.78. The third kappa shape index (κ3) is 5.06. The number of nitrogens with zero attached hydrogens (tertiary/aromatic N) is 1. The Kier molecular flexibility index (Phi) is 5.69. The quantitative estimate of drug-likeness (QED) is 0.832. The van der Waals surface area contributed by atoms with Crippen molar-refractivity contribution < 1.29 is 14.7 Å². The summed E-state index contributed by atoms with van der Waals surface area (Å²) in [4.78, 5) is 38.9. The van der Waals surface area contributed by atoms with Gasteiger partial charge in [-0.2, -0.15) is 0 Å². The van der Waals surface area contributed by atoms with Crippen molar-refractivity contribution in [2.45, 2.75) is 40.2 Å². The minimum absolute atomic E-state index is 0.226. The summed E-state index contributed by atoms with van der Waals surface area (Å²) in [7, 11) is 0. The average molecular weight is 294 g/mol. The molecule has 0 bridgehead atoms. The first-order valence-electron chi connectivity index (χ1n) is 6.96. The van der Waals surface area contributed by atoms with Crippen LogP contribution in [0.25, 0.3) is 0 Å². The van der Waals surface area contributed by atoms with Crippen molar-refractivity contribution in [2.75, 3.05) is 6.54 Å². The van der Waals surface area contributed by atoms with E-state index < -0.39 is 11.9 Å². The molecule has 1 amide bonds. The van der Waals surface area contributed by atoms with Crippen molar-refractivity contribution in [3.8, 4) is 0 Å². The Hall–Kier alpha value is -2.11. The normalized spacial score (nSPS) is 11.0. The summed E-state index contributed by atoms with van der Waals surface area (Å²) in [5.41, 5.74) is 0.555. The maximum atomic E-state index is 12.4. The molecule has 6 nitrogen and oxygen atoms in total. The molecular formula is C15H22N2O4. The van der Waals surface area contributed by atoms with Crippen LogP contribution in [0.2, 0.25) is 0 Å². The highest BCUT2D eigenvalue weighted by Gasteiger charge is 2.22. The number of aromatic nitrogens is 1. The third-order valence-corrected chi connectivity index (χ3v) is 2.97. The van der Waals surface area contributed by atoms with E-state index in [1.165, 1.54) is 11.0 Å². The predicted molar refractivity (Wildman–Crippen MR) is 79.4 cm³/mol. The fourth-order valence-electron chi connectivity index (χ4n) is 2.07. The first-order chi connectivity index (χ1) is 9.70. The van der Waals surface area contributed by atoms with E-state index in [1.54, 1.807) is 19.9 Å². The summed E-state index contributed by atoms with van der Waals surface area (Å²) >= 11 is 0. The number of hydrogen-bond acceptors (Lipinski definition) is 3. The van der Waals surface area contributed by atoms with Crippen molar-refractivity contribution in [1.82, 2.24) is 9.88 Å². The number of aromatic amines is 1. The van der Waals surface area contributed by atoms with E-state index in [0.29, 0.717) is 18.0 Å². The van der Waals surface area contributed by atoms with E-state index in [2.05, 4.69) is 4.98 Å². The molecule has 0 fully saturated rings. The zero-order valence-electron chi connectivity index (χ0n) is 12.8. The second-order valence-electron chi connectivity index (χ2n) is 5.78. The molecule has 0 aliphatic heterocycles. The standard InChI is InChI=1S/C15H22N2O4/c1-9(2)5-12-6-11(7-13(18)16-12)15(21)17(10(3)4)8-14(19)20/h6-7,9-10H,5,8H2,1-4H3,(H,16,18)(H,19,20). The molecule has 0 aliphatic rings. The smallest absolute Gasteiger partial charge is 0.323 e. The van der Waals surface area contributed by atoms with Gasteiger partial charge < -0.3 is 15.0 Å². The van der Waals surface area contributed by atoms with Crippen LogP contribution in [-0.2, 0) is 11.2 Å². The summed E-state index contributed by atoms with van der Waals surface area (Å²) in [5, 5.41) is 8.89. The molecular weight excluding hydrogens is 272 g/mol. The predicted octanol–water partition coefficient (Wildman–Crippen LogP) is 1.51. The van der Waals surface area contributed by atoms with Crippen LogP contribution in [0.3, 0.4) is 0 Å². The molecule has 0 aliphatic carbocycles. The molecule has 0 atom stereocenters. The molecule has 1 rings (SSSR count). The summed E-state index contributed by atoms with van der Waals surface area (Å²) < 4.78 is 0. The van der Waals surface area contributed by atoms with Gasteiger partial charge in [0.2, 0.25) is 5.56 Å². The molecule has 0 radical (unpaired) electrons. The summed E-state index contributed by atoms with van der Waals surface area (Å²) in [5.74, 6) is -1.18. The zero-order chi connectivity index (χ0) is 16.2. The fourth-order valence-corrected chi connectivity index (χ4v) is 2.07. The molecule has 21 heavy (non-hydrogen) atoms. The van der Waals surface area contributed by atoms with Gasteiger partial charge in [0, 0.05) is 23.4 Å². The second kappa shape index (κ2) is 7.06. The lowest BCUT2D eigenvalue weighted by atomic mass is 10.1. The molecule has 0 saturated heterocycles. The van der Waals surface area contributed by atoms with Crippen LogP contribution in [0.5, 0.6) is 0 Å². The van der Waals surface area contributed by atoms with Gasteiger partial charge in [-0.25, -0.2) is 0 Å². The van der Waals surface area contributed by atoms with Crippen molar-refractivity contribution in [3.63, 3.8) is 0 Å². The Morgan fingerprint density at radius 1 is 1.24 bits per heavy atom. The van der Waals surface area contributed by atoms with Gasteiger partial charge in [0.05, 0.1) is 0 Å². The van der Waals surface area contributed by atoms with Crippen molar-refractivity contribution in [1.29, 1.82) is 0 Å². The van der Waals surface area contributed by atoms with Crippen LogP contribution in [-0.4, -0.2) is 39.5 Å². The highest BCUT2D eigenvalue weighted by Crippen LogP contribution is 2.10. The Balaban J connectivity index is 3.12. The molecule has 0 saturated carbocycles. The van der Waals surface area contributed by atoms with Gasteiger partial charge in [-0.1, -0.05) is 13.8 Å². The number of carboxylic acids is 1. The number of hydrogen-bond donors (Lipinski definition) is 2. The van der Waals surface area contributed by atoms with Crippen LogP contribution in [0.1, 0.15) is 43.7 Å². The molecule has 1 aromatic heterocycles. The minimum Gasteiger partial charge on any atom is -0.480 e. The topological polar surface area (TPSA) is 90.5 Å². The Morgan fingerprint density at radius 3 is 2.33 bits per heavy atom. The number of carboxylic acid groups (broad SMARTS) is 1. The number of H-pyrrole nitrogens is 1. The van der Waals surface area contributed by atoms with Gasteiger partial charge in [0.25, 0.3) is 5.91 Å². The van der Waals surface area contributed by atoms with E-state index in [1.807, 2.05) is 13.8 Å². The number of aliphatic carboxylic acids is 1. The average Bonchev–Trinajstić information content (AvgIpc) is 2.33. The molecule has 2 N–H and O–H groups in total. The lowest BCUT2D eigenvalue weighted by Crippen LogP contribution is -2.41. The van der Waals surface area contributed by atoms with E-state index in [4.69, 9.17) is 5.11 Å². The SMILES string of the molecule is CC(C)Cc1cc(C(=O)N(CC(=O)O)C(C)C)cc(=O)[nH]1. The maximum absolute atomic E-state index is 12.4. The summed E-state index contributed by atoms with van der Waals surface area (Å²) in [6.45, 7) is 7.12. The number of carbonyl (C=O) groups is 2. The number of pyridine rings is 1. The maximum Gasteiger partial charge on any atom is 0.323 e. The van der Waals surface area contributed by atoms with Gasteiger partial charge >= 0.3 is 5.97 Å². The molecule has 1 heterocycles. The van der Waals surface area contributed by atoms with Gasteiger partial charge in [0.1, 0.15) is 6.54 Å². The molecule has 116 valence electrons. The van der Waals surface area contributed by atoms with Crippen LogP contribution in [0.4, 0.5) is 0 Å². The Bertz CT molecular complexity index is 575.